The van der Waals surface area contributed by atoms with Crippen LogP contribution in [0, 0.1) is 0 Å². The molecule has 1 N–H and O–H groups in total. The first-order valence-electron chi connectivity index (χ1n) is 5.17. The Balaban J connectivity index is 2.98. The third-order valence-corrected chi connectivity index (χ3v) is 2.64. The number of alkyl halides is 3. The number of benzene rings is 1. The minimum Gasteiger partial charge on any atom is -0.513 e. The summed E-state index contributed by atoms with van der Waals surface area (Å²) in [6.45, 7) is 7.09. The second-order valence-electron chi connectivity index (χ2n) is 4.70. The van der Waals surface area contributed by atoms with Gasteiger partial charge < -0.3 is 5.11 Å². The minimum absolute atomic E-state index is 0.0231. The first-order valence-corrected chi connectivity index (χ1v) is 5.17. The summed E-state index contributed by atoms with van der Waals surface area (Å²) in [5, 5.41) is 9.16. The van der Waals surface area contributed by atoms with Crippen molar-refractivity contribution in [2.24, 2.45) is 0 Å². The zero-order valence-electron chi connectivity index (χ0n) is 9.80. The van der Waals surface area contributed by atoms with E-state index in [2.05, 4.69) is 6.58 Å². The lowest BCUT2D eigenvalue weighted by molar-refractivity contribution is -0.137. The average molecular weight is 244 g/mol. The fourth-order valence-electron chi connectivity index (χ4n) is 1.72. The van der Waals surface area contributed by atoms with E-state index >= 15 is 0 Å². The number of rotatable bonds is 3. The Morgan fingerprint density at radius 2 is 1.53 bits per heavy atom. The number of allylic oxidation sites excluding steroid dienone is 1. The summed E-state index contributed by atoms with van der Waals surface area (Å²) in [6.07, 6.45) is -4.00. The fraction of sp³-hybridized carbons (Fsp3) is 0.385. The first-order chi connectivity index (χ1) is 7.63. The van der Waals surface area contributed by atoms with E-state index in [1.165, 1.54) is 12.1 Å². The molecule has 0 aliphatic carbocycles. The van der Waals surface area contributed by atoms with Gasteiger partial charge in [-0.1, -0.05) is 32.6 Å². The van der Waals surface area contributed by atoms with Crippen LogP contribution in [0.15, 0.2) is 36.6 Å². The van der Waals surface area contributed by atoms with Crippen LogP contribution in [0.3, 0.4) is 0 Å². The number of hydrogen-bond acceptors (Lipinski definition) is 1. The van der Waals surface area contributed by atoms with Crippen LogP contribution in [0.1, 0.15) is 31.4 Å². The lowest BCUT2D eigenvalue weighted by Crippen LogP contribution is -2.18. The van der Waals surface area contributed by atoms with Gasteiger partial charge in [0.1, 0.15) is 0 Å². The van der Waals surface area contributed by atoms with E-state index in [0.29, 0.717) is 6.42 Å². The van der Waals surface area contributed by atoms with E-state index in [1.807, 2.05) is 13.8 Å². The molecule has 0 saturated carbocycles. The maximum Gasteiger partial charge on any atom is 0.416 e. The van der Waals surface area contributed by atoms with Crippen molar-refractivity contribution in [1.29, 1.82) is 0 Å². The highest BCUT2D eigenvalue weighted by atomic mass is 19.4. The van der Waals surface area contributed by atoms with E-state index in [1.54, 1.807) is 0 Å². The Hall–Kier alpha value is -1.45. The average Bonchev–Trinajstić information content (AvgIpc) is 2.14. The zero-order valence-corrected chi connectivity index (χ0v) is 9.80. The molecule has 0 unspecified atom stereocenters. The van der Waals surface area contributed by atoms with Gasteiger partial charge >= 0.3 is 6.18 Å². The van der Waals surface area contributed by atoms with Crippen LogP contribution in [0.4, 0.5) is 13.2 Å². The molecule has 0 radical (unpaired) electrons. The van der Waals surface area contributed by atoms with Crippen LogP contribution >= 0.6 is 0 Å². The second-order valence-corrected chi connectivity index (χ2v) is 4.70. The molecule has 0 aromatic heterocycles. The molecule has 0 spiro atoms. The molecule has 1 rings (SSSR count). The smallest absolute Gasteiger partial charge is 0.416 e. The molecule has 1 nitrogen and oxygen atoms in total. The molecule has 17 heavy (non-hydrogen) atoms. The molecular weight excluding hydrogens is 229 g/mol. The summed E-state index contributed by atoms with van der Waals surface area (Å²) in [4.78, 5) is 0. The van der Waals surface area contributed by atoms with Crippen molar-refractivity contribution in [3.63, 3.8) is 0 Å². The SMILES string of the molecule is C=C(O)CC(C)(C)c1ccc(C(F)(F)F)cc1. The maximum absolute atomic E-state index is 12.4. The molecule has 94 valence electrons. The van der Waals surface area contributed by atoms with Gasteiger partial charge in [-0.15, -0.1) is 0 Å². The van der Waals surface area contributed by atoms with Gasteiger partial charge in [-0.3, -0.25) is 0 Å². The Kier molecular flexibility index (Phi) is 3.55. The van der Waals surface area contributed by atoms with Crippen LogP contribution in [-0.4, -0.2) is 5.11 Å². The molecule has 0 saturated heterocycles. The maximum atomic E-state index is 12.4. The van der Waals surface area contributed by atoms with Gasteiger partial charge in [-0.25, -0.2) is 0 Å². The molecule has 0 atom stereocenters. The van der Waals surface area contributed by atoms with Crippen LogP contribution in [0.2, 0.25) is 0 Å². The van der Waals surface area contributed by atoms with Gasteiger partial charge in [0.25, 0.3) is 0 Å². The molecule has 0 aliphatic heterocycles. The number of aliphatic hydroxyl groups excluding tert-OH is 1. The zero-order chi connectivity index (χ0) is 13.3. The van der Waals surface area contributed by atoms with Gasteiger partial charge in [0.15, 0.2) is 0 Å². The highest BCUT2D eigenvalue weighted by Crippen LogP contribution is 2.33. The lowest BCUT2D eigenvalue weighted by atomic mass is 9.81. The van der Waals surface area contributed by atoms with Crippen molar-refractivity contribution in [2.45, 2.75) is 31.9 Å². The van der Waals surface area contributed by atoms with Gasteiger partial charge in [-0.05, 0) is 23.1 Å². The van der Waals surface area contributed by atoms with Crippen LogP contribution in [-0.2, 0) is 11.6 Å². The minimum atomic E-state index is -4.32. The van der Waals surface area contributed by atoms with Crippen molar-refractivity contribution in [1.82, 2.24) is 0 Å². The summed E-state index contributed by atoms with van der Waals surface area (Å²) < 4.78 is 37.1. The van der Waals surface area contributed by atoms with Gasteiger partial charge in [0.2, 0.25) is 0 Å². The molecule has 0 bridgehead atoms. The third-order valence-electron chi connectivity index (χ3n) is 2.64. The Morgan fingerprint density at radius 1 is 1.12 bits per heavy atom. The quantitative estimate of drug-likeness (QED) is 0.779. The summed E-state index contributed by atoms with van der Waals surface area (Å²) in [6, 6.07) is 4.98. The lowest BCUT2D eigenvalue weighted by Gasteiger charge is -2.25. The monoisotopic (exact) mass is 244 g/mol. The number of aliphatic hydroxyl groups is 1. The van der Waals surface area contributed by atoms with Crippen molar-refractivity contribution >= 4 is 0 Å². The van der Waals surface area contributed by atoms with Crippen LogP contribution in [0.25, 0.3) is 0 Å². The predicted molar refractivity (Wildman–Crippen MR) is 60.9 cm³/mol. The summed E-state index contributed by atoms with van der Waals surface area (Å²) in [5.74, 6) is 0.0231. The summed E-state index contributed by atoms with van der Waals surface area (Å²) in [5.41, 5.74) is -0.365. The molecule has 0 fully saturated rings. The summed E-state index contributed by atoms with van der Waals surface area (Å²) >= 11 is 0. The van der Waals surface area contributed by atoms with Crippen molar-refractivity contribution in [3.8, 4) is 0 Å². The Morgan fingerprint density at radius 3 is 1.88 bits per heavy atom. The molecule has 4 heteroatoms. The van der Waals surface area contributed by atoms with Gasteiger partial charge in [-0.2, -0.15) is 13.2 Å². The third kappa shape index (κ3) is 3.51. The highest BCUT2D eigenvalue weighted by molar-refractivity contribution is 5.30. The largest absolute Gasteiger partial charge is 0.513 e. The van der Waals surface area contributed by atoms with E-state index in [9.17, 15) is 13.2 Å². The van der Waals surface area contributed by atoms with Crippen LogP contribution < -0.4 is 0 Å². The predicted octanol–water partition coefficient (Wildman–Crippen LogP) is 4.44. The highest BCUT2D eigenvalue weighted by Gasteiger charge is 2.31. The van der Waals surface area contributed by atoms with E-state index in [4.69, 9.17) is 5.11 Å². The van der Waals surface area contributed by atoms with Gasteiger partial charge in [0, 0.05) is 6.42 Å². The fourth-order valence-corrected chi connectivity index (χ4v) is 1.72. The molecule has 0 heterocycles. The first kappa shape index (κ1) is 13.6. The van der Waals surface area contributed by atoms with Gasteiger partial charge in [0.05, 0.1) is 11.3 Å². The van der Waals surface area contributed by atoms with E-state index in [-0.39, 0.29) is 5.76 Å². The van der Waals surface area contributed by atoms with Crippen molar-refractivity contribution < 1.29 is 18.3 Å². The standard InChI is InChI=1S/C13H15F3O/c1-9(17)8-12(2,3)10-4-6-11(7-5-10)13(14,15)16/h4-7,17H,1,8H2,2-3H3. The van der Waals surface area contributed by atoms with E-state index in [0.717, 1.165) is 17.7 Å². The summed E-state index contributed by atoms with van der Waals surface area (Å²) in [7, 11) is 0. The Bertz CT molecular complexity index is 402. The topological polar surface area (TPSA) is 20.2 Å². The van der Waals surface area contributed by atoms with Crippen LogP contribution in [0.5, 0.6) is 0 Å². The van der Waals surface area contributed by atoms with Crippen molar-refractivity contribution in [3.05, 3.63) is 47.7 Å². The normalized spacial score (nSPS) is 12.5. The number of halogens is 3. The second kappa shape index (κ2) is 4.43. The number of hydrogen-bond donors (Lipinski definition) is 1. The molecule has 1 aromatic rings. The Labute approximate surface area is 98.6 Å². The molecule has 0 aliphatic rings. The van der Waals surface area contributed by atoms with Crippen molar-refractivity contribution in [2.75, 3.05) is 0 Å². The van der Waals surface area contributed by atoms with E-state index < -0.39 is 17.2 Å². The molecule has 0 amide bonds. The molecule has 1 aromatic carbocycles. The molecular formula is C13H15F3O.